The van der Waals surface area contributed by atoms with Crippen molar-refractivity contribution >= 4 is 35.8 Å². The number of rotatable bonds is 5. The molecule has 1 aliphatic carbocycles. The molecule has 140 valence electrons. The zero-order valence-electron chi connectivity index (χ0n) is 15.3. The second-order valence-electron chi connectivity index (χ2n) is 7.08. The highest BCUT2D eigenvalue weighted by atomic mass is 127. The molecular weight excluding hydrogens is 419 g/mol. The van der Waals surface area contributed by atoms with Gasteiger partial charge in [0.25, 0.3) is 0 Å². The largest absolute Gasteiger partial charge is 0.383 e. The summed E-state index contributed by atoms with van der Waals surface area (Å²) in [5.74, 6) is 0.891. The topological polar surface area (TPSA) is 57.2 Å². The number of halogens is 1. The van der Waals surface area contributed by atoms with Crippen molar-refractivity contribution in [1.29, 1.82) is 0 Å². The molecule has 7 heteroatoms. The molecule has 6 nitrogen and oxygen atoms in total. The van der Waals surface area contributed by atoms with Gasteiger partial charge in [0.1, 0.15) is 6.54 Å². The van der Waals surface area contributed by atoms with Gasteiger partial charge in [0, 0.05) is 40.8 Å². The molecule has 1 spiro atoms. The van der Waals surface area contributed by atoms with Crippen LogP contribution in [0.25, 0.3) is 0 Å². The van der Waals surface area contributed by atoms with E-state index in [9.17, 15) is 4.79 Å². The van der Waals surface area contributed by atoms with E-state index in [1.807, 2.05) is 0 Å². The summed E-state index contributed by atoms with van der Waals surface area (Å²) >= 11 is 0. The molecule has 1 saturated carbocycles. The lowest BCUT2D eigenvalue weighted by Gasteiger charge is -2.33. The number of hydrogen-bond donors (Lipinski definition) is 1. The number of likely N-dealkylation sites (tertiary alicyclic amines) is 1. The number of methoxy groups -OCH3 is 1. The van der Waals surface area contributed by atoms with Gasteiger partial charge in [-0.05, 0) is 24.7 Å². The summed E-state index contributed by atoms with van der Waals surface area (Å²) in [5.41, 5.74) is 0.480. The fourth-order valence-corrected chi connectivity index (χ4v) is 3.64. The Morgan fingerprint density at radius 3 is 2.58 bits per heavy atom. The van der Waals surface area contributed by atoms with Crippen LogP contribution in [0.15, 0.2) is 4.99 Å². The van der Waals surface area contributed by atoms with Crippen LogP contribution in [0, 0.1) is 5.41 Å². The minimum Gasteiger partial charge on any atom is -0.383 e. The van der Waals surface area contributed by atoms with Crippen LogP contribution in [0.1, 0.15) is 38.5 Å². The van der Waals surface area contributed by atoms with Gasteiger partial charge in [0.15, 0.2) is 5.96 Å². The summed E-state index contributed by atoms with van der Waals surface area (Å²) in [6.45, 7) is 3.66. The van der Waals surface area contributed by atoms with Crippen molar-refractivity contribution in [3.63, 3.8) is 0 Å². The number of nitrogens with zero attached hydrogens (tertiary/aromatic N) is 3. The first-order valence-electron chi connectivity index (χ1n) is 8.79. The molecule has 2 aliphatic rings. The maximum Gasteiger partial charge on any atom is 0.243 e. The number of hydrogen-bond acceptors (Lipinski definition) is 3. The zero-order chi connectivity index (χ0) is 16.7. The lowest BCUT2D eigenvalue weighted by Crippen LogP contribution is -2.43. The summed E-state index contributed by atoms with van der Waals surface area (Å²) in [6.07, 6.45) is 8.02. The van der Waals surface area contributed by atoms with Crippen molar-refractivity contribution in [2.24, 2.45) is 10.4 Å². The lowest BCUT2D eigenvalue weighted by molar-refractivity contribution is -0.127. The lowest BCUT2D eigenvalue weighted by atomic mass is 9.73. The molecule has 0 aromatic carbocycles. The van der Waals surface area contributed by atoms with Crippen molar-refractivity contribution in [2.45, 2.75) is 38.5 Å². The molecule has 0 bridgehead atoms. The molecule has 2 fully saturated rings. The van der Waals surface area contributed by atoms with Crippen LogP contribution in [0.4, 0.5) is 0 Å². The summed E-state index contributed by atoms with van der Waals surface area (Å²) in [6, 6.07) is 0. The van der Waals surface area contributed by atoms with E-state index in [2.05, 4.69) is 15.2 Å². The third-order valence-corrected chi connectivity index (χ3v) is 5.10. The summed E-state index contributed by atoms with van der Waals surface area (Å²) in [5, 5.41) is 3.36. The van der Waals surface area contributed by atoms with Crippen LogP contribution < -0.4 is 5.32 Å². The molecule has 0 radical (unpaired) electrons. The molecule has 1 saturated heterocycles. The van der Waals surface area contributed by atoms with Gasteiger partial charge in [0.05, 0.1) is 6.61 Å². The monoisotopic (exact) mass is 452 g/mol. The number of carbonyl (C=O) groups is 1. The van der Waals surface area contributed by atoms with Gasteiger partial charge >= 0.3 is 0 Å². The second-order valence-corrected chi connectivity index (χ2v) is 7.08. The third kappa shape index (κ3) is 6.06. The first kappa shape index (κ1) is 21.5. The van der Waals surface area contributed by atoms with Crippen molar-refractivity contribution in [3.05, 3.63) is 0 Å². The number of nitrogens with one attached hydrogen (secondary N) is 1. The van der Waals surface area contributed by atoms with Gasteiger partial charge in [-0.1, -0.05) is 19.3 Å². The SMILES string of the molecule is COCCNC(=NCC(=O)N(C)C)N1CCC2(CCCCC2)C1.I. The van der Waals surface area contributed by atoms with Gasteiger partial charge < -0.3 is 19.9 Å². The summed E-state index contributed by atoms with van der Waals surface area (Å²) in [7, 11) is 5.23. The third-order valence-electron chi connectivity index (χ3n) is 5.10. The average molecular weight is 452 g/mol. The Morgan fingerprint density at radius 1 is 1.25 bits per heavy atom. The van der Waals surface area contributed by atoms with Crippen LogP contribution >= 0.6 is 24.0 Å². The Hall–Kier alpha value is -0.570. The van der Waals surface area contributed by atoms with Gasteiger partial charge in [-0.25, -0.2) is 4.99 Å². The first-order chi connectivity index (χ1) is 11.1. The molecule has 2 rings (SSSR count). The van der Waals surface area contributed by atoms with Crippen molar-refractivity contribution in [2.75, 3.05) is 54.0 Å². The van der Waals surface area contributed by atoms with E-state index in [-0.39, 0.29) is 36.4 Å². The molecule has 0 aromatic rings. The normalized spacial score (nSPS) is 20.0. The molecule has 0 aromatic heterocycles. The Labute approximate surface area is 163 Å². The van der Waals surface area contributed by atoms with Crippen LogP contribution in [0.5, 0.6) is 0 Å². The predicted molar refractivity (Wildman–Crippen MR) is 108 cm³/mol. The van der Waals surface area contributed by atoms with Crippen LogP contribution in [0.2, 0.25) is 0 Å². The maximum atomic E-state index is 11.8. The van der Waals surface area contributed by atoms with E-state index in [0.29, 0.717) is 12.0 Å². The van der Waals surface area contributed by atoms with E-state index in [0.717, 1.165) is 25.6 Å². The highest BCUT2D eigenvalue weighted by Gasteiger charge is 2.39. The van der Waals surface area contributed by atoms with Gasteiger partial charge in [0.2, 0.25) is 5.91 Å². The Kier molecular flexibility index (Phi) is 9.33. The van der Waals surface area contributed by atoms with E-state index < -0.39 is 0 Å². The predicted octanol–water partition coefficient (Wildman–Crippen LogP) is 1.94. The minimum absolute atomic E-state index is 0. The molecule has 0 unspecified atom stereocenters. The Morgan fingerprint density at radius 2 is 1.96 bits per heavy atom. The Balaban J connectivity index is 0.00000288. The molecule has 1 aliphatic heterocycles. The quantitative estimate of drug-likeness (QED) is 0.300. The molecule has 1 N–H and O–H groups in total. The van der Waals surface area contributed by atoms with E-state index in [1.165, 1.54) is 38.5 Å². The maximum absolute atomic E-state index is 11.8. The molecule has 24 heavy (non-hydrogen) atoms. The minimum atomic E-state index is 0. The summed E-state index contributed by atoms with van der Waals surface area (Å²) < 4.78 is 5.12. The summed E-state index contributed by atoms with van der Waals surface area (Å²) in [4.78, 5) is 20.3. The number of ether oxygens (including phenoxy) is 1. The average Bonchev–Trinajstić information content (AvgIpc) is 2.94. The van der Waals surface area contributed by atoms with Crippen molar-refractivity contribution in [3.8, 4) is 0 Å². The smallest absolute Gasteiger partial charge is 0.243 e. The highest BCUT2D eigenvalue weighted by Crippen LogP contribution is 2.43. The zero-order valence-corrected chi connectivity index (χ0v) is 17.7. The first-order valence-corrected chi connectivity index (χ1v) is 8.79. The van der Waals surface area contributed by atoms with Gasteiger partial charge in [-0.2, -0.15) is 0 Å². The van der Waals surface area contributed by atoms with Gasteiger partial charge in [-0.15, -0.1) is 24.0 Å². The van der Waals surface area contributed by atoms with Crippen LogP contribution in [-0.2, 0) is 9.53 Å². The standard InChI is InChI=1S/C17H32N4O2.HI/c1-20(2)15(22)13-19-16(18-10-12-23-3)21-11-9-17(14-21)7-5-4-6-8-17;/h4-14H2,1-3H3,(H,18,19);1H. The van der Waals surface area contributed by atoms with Crippen molar-refractivity contribution in [1.82, 2.24) is 15.1 Å². The second kappa shape index (κ2) is 10.4. The van der Waals surface area contributed by atoms with Crippen molar-refractivity contribution < 1.29 is 9.53 Å². The van der Waals surface area contributed by atoms with E-state index in [1.54, 1.807) is 26.1 Å². The Bertz CT molecular complexity index is 423. The molecule has 1 heterocycles. The number of guanidine groups is 1. The van der Waals surface area contributed by atoms with Gasteiger partial charge in [-0.3, -0.25) is 4.79 Å². The molecular formula is C17H33IN4O2. The van der Waals surface area contributed by atoms with E-state index in [4.69, 9.17) is 4.74 Å². The number of aliphatic imine (C=N–C) groups is 1. The fourth-order valence-electron chi connectivity index (χ4n) is 3.64. The van der Waals surface area contributed by atoms with E-state index >= 15 is 0 Å². The number of amides is 1. The highest BCUT2D eigenvalue weighted by molar-refractivity contribution is 14.0. The molecule has 1 amide bonds. The number of likely N-dealkylation sites (N-methyl/N-ethyl adjacent to an activating group) is 1. The number of carbonyl (C=O) groups excluding carboxylic acids is 1. The molecule has 0 atom stereocenters. The fraction of sp³-hybridized carbons (Fsp3) is 0.882. The van der Waals surface area contributed by atoms with Crippen LogP contribution in [-0.4, -0.2) is 75.7 Å². The van der Waals surface area contributed by atoms with Crippen LogP contribution in [0.3, 0.4) is 0 Å².